The van der Waals surface area contributed by atoms with Crippen molar-refractivity contribution in [2.45, 2.75) is 42.8 Å². The highest BCUT2D eigenvalue weighted by Gasteiger charge is 2.54. The third-order valence-corrected chi connectivity index (χ3v) is 6.52. The molecule has 4 amide bonds. The number of piperazine rings is 1. The molecule has 0 radical (unpaired) electrons. The zero-order valence-corrected chi connectivity index (χ0v) is 13.3. The Bertz CT molecular complexity index is 612. The number of thioether (sulfide) groups is 1. The van der Waals surface area contributed by atoms with E-state index in [1.54, 1.807) is 4.90 Å². The van der Waals surface area contributed by atoms with Crippen LogP contribution in [0.5, 0.6) is 0 Å². The van der Waals surface area contributed by atoms with Crippen molar-refractivity contribution in [1.29, 1.82) is 0 Å². The minimum absolute atomic E-state index is 0.0434. The molecule has 23 heavy (non-hydrogen) atoms. The van der Waals surface area contributed by atoms with Gasteiger partial charge in [-0.2, -0.15) is 0 Å². The largest absolute Gasteiger partial charge is 0.368 e. The molecule has 8 nitrogen and oxygen atoms in total. The molecule has 0 aromatic heterocycles. The van der Waals surface area contributed by atoms with Crippen molar-refractivity contribution < 1.29 is 19.2 Å². The second-order valence-corrected chi connectivity index (χ2v) is 7.63. The van der Waals surface area contributed by atoms with E-state index in [2.05, 4.69) is 0 Å². The van der Waals surface area contributed by atoms with E-state index in [1.165, 1.54) is 21.6 Å². The maximum absolute atomic E-state index is 12.7. The van der Waals surface area contributed by atoms with Gasteiger partial charge in [-0.25, -0.2) is 0 Å². The van der Waals surface area contributed by atoms with Crippen LogP contribution in [0.3, 0.4) is 0 Å². The van der Waals surface area contributed by atoms with Crippen LogP contribution in [0.25, 0.3) is 0 Å². The van der Waals surface area contributed by atoms with Gasteiger partial charge in [0.1, 0.15) is 24.7 Å². The first-order valence-corrected chi connectivity index (χ1v) is 8.87. The van der Waals surface area contributed by atoms with Gasteiger partial charge in [0, 0.05) is 18.7 Å². The van der Waals surface area contributed by atoms with E-state index in [9.17, 15) is 19.2 Å². The summed E-state index contributed by atoms with van der Waals surface area (Å²) in [6.45, 7) is 0.578. The first kappa shape index (κ1) is 14.8. The predicted molar refractivity (Wildman–Crippen MR) is 80.9 cm³/mol. The Balaban J connectivity index is 1.57. The zero-order chi connectivity index (χ0) is 16.3. The van der Waals surface area contributed by atoms with Gasteiger partial charge >= 0.3 is 0 Å². The molecule has 4 aliphatic rings. The monoisotopic (exact) mass is 338 g/mol. The fourth-order valence-electron chi connectivity index (χ4n) is 4.08. The normalized spacial score (nSPS) is 36.7. The molecule has 0 aliphatic carbocycles. The number of rotatable bonds is 2. The molecule has 0 spiro atoms. The van der Waals surface area contributed by atoms with Crippen LogP contribution < -0.4 is 5.73 Å². The highest BCUT2D eigenvalue weighted by atomic mass is 32.2. The van der Waals surface area contributed by atoms with Crippen molar-refractivity contribution in [3.63, 3.8) is 0 Å². The number of hydrogen-bond acceptors (Lipinski definition) is 5. The third-order valence-electron chi connectivity index (χ3n) is 5.21. The van der Waals surface area contributed by atoms with Gasteiger partial charge in [-0.1, -0.05) is 0 Å². The van der Waals surface area contributed by atoms with Crippen molar-refractivity contribution in [2.75, 3.05) is 18.8 Å². The molecule has 0 saturated carbocycles. The molecule has 4 rings (SSSR count). The van der Waals surface area contributed by atoms with Crippen LogP contribution in [-0.2, 0) is 19.2 Å². The number of nitrogens with zero attached hydrogens (tertiary/aromatic N) is 3. The second kappa shape index (κ2) is 5.12. The summed E-state index contributed by atoms with van der Waals surface area (Å²) in [5.41, 5.74) is 5.37. The lowest BCUT2D eigenvalue weighted by Crippen LogP contribution is -2.61. The molecule has 124 valence electrons. The molecule has 3 unspecified atom stereocenters. The fourth-order valence-corrected chi connectivity index (χ4v) is 5.54. The number of fused-ring (bicyclic) bond motifs is 2. The summed E-state index contributed by atoms with van der Waals surface area (Å²) < 4.78 is 0. The van der Waals surface area contributed by atoms with Crippen molar-refractivity contribution in [1.82, 2.24) is 14.7 Å². The summed E-state index contributed by atoms with van der Waals surface area (Å²) in [5.74, 6) is -0.497. The van der Waals surface area contributed by atoms with Gasteiger partial charge < -0.3 is 20.4 Å². The van der Waals surface area contributed by atoms with Crippen LogP contribution >= 0.6 is 11.8 Å². The standard InChI is InChI=1S/C14H18N4O4S/c15-12(20)9-6-23-11-4-8(14(22)18(9)11)17-5-10(19)16-3-1-2-7(16)13(17)21/h7-9,11H,1-6H2,(H2,15,20)/t7-,8?,9?,11?/m0/s1. The maximum atomic E-state index is 12.7. The van der Waals surface area contributed by atoms with E-state index < -0.39 is 24.0 Å². The summed E-state index contributed by atoms with van der Waals surface area (Å²) in [7, 11) is 0. The number of primary amides is 1. The number of carbonyl (C=O) groups is 4. The topological polar surface area (TPSA) is 104 Å². The van der Waals surface area contributed by atoms with Crippen molar-refractivity contribution >= 4 is 35.4 Å². The number of amides is 4. The summed E-state index contributed by atoms with van der Waals surface area (Å²) in [6, 6.07) is -1.67. The van der Waals surface area contributed by atoms with Crippen LogP contribution in [0, 0.1) is 0 Å². The Morgan fingerprint density at radius 3 is 2.65 bits per heavy atom. The molecule has 2 N–H and O–H groups in total. The van der Waals surface area contributed by atoms with Crippen molar-refractivity contribution in [3.05, 3.63) is 0 Å². The summed E-state index contributed by atoms with van der Waals surface area (Å²) in [6.07, 6.45) is 1.94. The number of hydrogen-bond donors (Lipinski definition) is 1. The Morgan fingerprint density at radius 1 is 1.13 bits per heavy atom. The van der Waals surface area contributed by atoms with Gasteiger partial charge in [-0.15, -0.1) is 11.8 Å². The molecular weight excluding hydrogens is 320 g/mol. The van der Waals surface area contributed by atoms with Crippen LogP contribution in [0.1, 0.15) is 19.3 Å². The summed E-state index contributed by atoms with van der Waals surface area (Å²) >= 11 is 1.51. The Kier molecular flexibility index (Phi) is 3.29. The average molecular weight is 338 g/mol. The van der Waals surface area contributed by atoms with Gasteiger partial charge in [-0.3, -0.25) is 19.2 Å². The molecule has 0 aromatic carbocycles. The van der Waals surface area contributed by atoms with E-state index in [4.69, 9.17) is 5.73 Å². The molecule has 9 heteroatoms. The highest BCUT2D eigenvalue weighted by molar-refractivity contribution is 8.00. The molecule has 0 aromatic rings. The quantitative estimate of drug-likeness (QED) is 0.649. The smallest absolute Gasteiger partial charge is 0.247 e. The maximum Gasteiger partial charge on any atom is 0.247 e. The zero-order valence-electron chi connectivity index (χ0n) is 12.5. The van der Waals surface area contributed by atoms with E-state index in [1.807, 2.05) is 0 Å². The van der Waals surface area contributed by atoms with Crippen LogP contribution in [-0.4, -0.2) is 80.7 Å². The van der Waals surface area contributed by atoms with Crippen LogP contribution in [0.2, 0.25) is 0 Å². The minimum Gasteiger partial charge on any atom is -0.368 e. The second-order valence-electron chi connectivity index (χ2n) is 6.41. The minimum atomic E-state index is -0.645. The lowest BCUT2D eigenvalue weighted by Gasteiger charge is -2.38. The lowest BCUT2D eigenvalue weighted by molar-refractivity contribution is -0.158. The predicted octanol–water partition coefficient (Wildman–Crippen LogP) is -1.65. The van der Waals surface area contributed by atoms with Gasteiger partial charge in [-0.05, 0) is 12.8 Å². The van der Waals surface area contributed by atoms with Crippen LogP contribution in [0.15, 0.2) is 0 Å². The first-order valence-electron chi connectivity index (χ1n) is 7.82. The van der Waals surface area contributed by atoms with Crippen molar-refractivity contribution in [3.8, 4) is 0 Å². The van der Waals surface area contributed by atoms with Gasteiger partial charge in [0.25, 0.3) is 0 Å². The van der Waals surface area contributed by atoms with E-state index in [0.717, 1.165) is 6.42 Å². The fraction of sp³-hybridized carbons (Fsp3) is 0.714. The Morgan fingerprint density at radius 2 is 1.91 bits per heavy atom. The summed E-state index contributed by atoms with van der Waals surface area (Å²) in [5, 5.41) is -0.130. The molecule has 4 saturated heterocycles. The third kappa shape index (κ3) is 2.05. The molecule has 0 bridgehead atoms. The van der Waals surface area contributed by atoms with E-state index >= 15 is 0 Å². The highest BCUT2D eigenvalue weighted by Crippen LogP contribution is 2.40. The molecular formula is C14H18N4O4S. The Hall–Kier alpha value is -1.77. The first-order chi connectivity index (χ1) is 11.0. The lowest BCUT2D eigenvalue weighted by atomic mass is 10.1. The van der Waals surface area contributed by atoms with Gasteiger partial charge in [0.2, 0.25) is 23.6 Å². The molecule has 4 fully saturated rings. The Labute approximate surface area is 137 Å². The summed E-state index contributed by atoms with van der Waals surface area (Å²) in [4.78, 5) is 53.7. The molecule has 4 heterocycles. The van der Waals surface area contributed by atoms with Crippen molar-refractivity contribution in [2.24, 2.45) is 5.73 Å². The number of nitrogens with two attached hydrogens (primary N) is 1. The van der Waals surface area contributed by atoms with Crippen LogP contribution in [0.4, 0.5) is 0 Å². The van der Waals surface area contributed by atoms with E-state index in [0.29, 0.717) is 25.1 Å². The molecule has 4 atom stereocenters. The van der Waals surface area contributed by atoms with E-state index in [-0.39, 0.29) is 29.6 Å². The molecule has 4 aliphatic heterocycles. The average Bonchev–Trinajstić information content (AvgIpc) is 3.19. The van der Waals surface area contributed by atoms with Gasteiger partial charge in [0.05, 0.1) is 5.37 Å². The number of carbonyl (C=O) groups excluding carboxylic acids is 4. The SMILES string of the molecule is NC(=O)C1CSC2CC(N3CC(=O)N4CCC[C@H]4C3=O)C(=O)N21. The van der Waals surface area contributed by atoms with Gasteiger partial charge in [0.15, 0.2) is 0 Å².